The third-order valence-corrected chi connectivity index (χ3v) is 3.06. The van der Waals surface area contributed by atoms with Crippen LogP contribution in [0.2, 0.25) is 0 Å². The average Bonchev–Trinajstić information content (AvgIpc) is 2.52. The minimum absolute atomic E-state index is 0.0414. The van der Waals surface area contributed by atoms with E-state index in [1.54, 1.807) is 0 Å². The van der Waals surface area contributed by atoms with E-state index in [-0.39, 0.29) is 12.6 Å². The summed E-state index contributed by atoms with van der Waals surface area (Å²) >= 11 is 3.43. The van der Waals surface area contributed by atoms with E-state index in [9.17, 15) is 0 Å². The molecule has 0 radical (unpaired) electrons. The molecule has 4 N–H and O–H groups in total. The largest absolute Gasteiger partial charge is 0.394 e. The van der Waals surface area contributed by atoms with Crippen LogP contribution in [0, 0.1) is 6.92 Å². The molecule has 0 amide bonds. The van der Waals surface area contributed by atoms with Crippen LogP contribution in [-0.2, 0) is 0 Å². The molecule has 0 fully saturated rings. The van der Waals surface area contributed by atoms with Gasteiger partial charge in [0.25, 0.3) is 0 Å². The van der Waals surface area contributed by atoms with Gasteiger partial charge in [-0.05, 0) is 30.7 Å². The number of aryl methyl sites for hydroxylation is 1. The van der Waals surface area contributed by atoms with Crippen LogP contribution in [0.3, 0.4) is 0 Å². The zero-order valence-corrected chi connectivity index (χ0v) is 10.0. The number of rotatable bonds is 2. The first-order chi connectivity index (χ1) is 7.13. The number of H-pyrrole nitrogens is 1. The Morgan fingerprint density at radius 3 is 2.93 bits per heavy atom. The van der Waals surface area contributed by atoms with Gasteiger partial charge in [-0.25, -0.2) is 0 Å². The third-order valence-electron chi connectivity index (χ3n) is 2.57. The Kier molecular flexibility index (Phi) is 2.82. The maximum absolute atomic E-state index is 9.11. The standard InChI is InChI=1S/C11H13BrN2O/c1-6-11(9(13)5-15)8-4-7(12)2-3-10(8)14-6/h2-4,9,14-15H,5,13H2,1H3. The predicted octanol–water partition coefficient (Wildman–Crippen LogP) is 2.23. The van der Waals surface area contributed by atoms with E-state index in [4.69, 9.17) is 10.8 Å². The number of nitrogens with one attached hydrogen (secondary N) is 1. The van der Waals surface area contributed by atoms with Crippen molar-refractivity contribution >= 4 is 26.8 Å². The molecule has 0 spiro atoms. The number of hydrogen-bond donors (Lipinski definition) is 3. The van der Waals surface area contributed by atoms with Crippen molar-refractivity contribution in [2.45, 2.75) is 13.0 Å². The molecule has 0 saturated carbocycles. The van der Waals surface area contributed by atoms with Crippen molar-refractivity contribution in [1.82, 2.24) is 4.98 Å². The van der Waals surface area contributed by atoms with Gasteiger partial charge in [-0.1, -0.05) is 15.9 Å². The number of benzene rings is 1. The van der Waals surface area contributed by atoms with Crippen LogP contribution in [0.1, 0.15) is 17.3 Å². The average molecular weight is 269 g/mol. The van der Waals surface area contributed by atoms with Crippen LogP contribution >= 0.6 is 15.9 Å². The van der Waals surface area contributed by atoms with Crippen molar-refractivity contribution in [3.63, 3.8) is 0 Å². The highest BCUT2D eigenvalue weighted by molar-refractivity contribution is 9.10. The highest BCUT2D eigenvalue weighted by Gasteiger charge is 2.14. The van der Waals surface area contributed by atoms with Gasteiger partial charge in [0.05, 0.1) is 12.6 Å². The Bertz CT molecular complexity index is 493. The molecule has 1 aromatic carbocycles. The molecule has 15 heavy (non-hydrogen) atoms. The summed E-state index contributed by atoms with van der Waals surface area (Å²) in [7, 11) is 0. The summed E-state index contributed by atoms with van der Waals surface area (Å²) in [5, 5.41) is 10.2. The van der Waals surface area contributed by atoms with E-state index >= 15 is 0 Å². The van der Waals surface area contributed by atoms with Crippen molar-refractivity contribution < 1.29 is 5.11 Å². The molecule has 1 atom stereocenters. The number of aliphatic hydroxyl groups is 1. The summed E-state index contributed by atoms with van der Waals surface area (Å²) in [6, 6.07) is 5.67. The molecule has 1 aromatic heterocycles. The molecule has 1 heterocycles. The van der Waals surface area contributed by atoms with E-state index in [2.05, 4.69) is 20.9 Å². The first-order valence-corrected chi connectivity index (χ1v) is 5.57. The molecule has 1 unspecified atom stereocenters. The second-order valence-electron chi connectivity index (χ2n) is 3.64. The quantitative estimate of drug-likeness (QED) is 0.782. The molecule has 0 saturated heterocycles. The second-order valence-corrected chi connectivity index (χ2v) is 4.56. The lowest BCUT2D eigenvalue weighted by Crippen LogP contribution is -2.15. The molecule has 2 aromatic rings. The number of aromatic nitrogens is 1. The van der Waals surface area contributed by atoms with Gasteiger partial charge in [-0.2, -0.15) is 0 Å². The maximum Gasteiger partial charge on any atom is 0.0625 e. The molecule has 80 valence electrons. The van der Waals surface area contributed by atoms with E-state index in [1.165, 1.54) is 0 Å². The molecule has 0 aliphatic carbocycles. The SMILES string of the molecule is Cc1[nH]c2ccc(Br)cc2c1C(N)CO. The molecular formula is C11H13BrN2O. The normalized spacial score (nSPS) is 13.3. The fourth-order valence-corrected chi connectivity index (χ4v) is 2.25. The molecule has 0 aliphatic heterocycles. The molecule has 2 rings (SSSR count). The van der Waals surface area contributed by atoms with E-state index in [1.807, 2.05) is 25.1 Å². The minimum Gasteiger partial charge on any atom is -0.394 e. The van der Waals surface area contributed by atoms with Crippen molar-refractivity contribution in [2.75, 3.05) is 6.61 Å². The first-order valence-electron chi connectivity index (χ1n) is 4.77. The summed E-state index contributed by atoms with van der Waals surface area (Å²) < 4.78 is 1.01. The number of aliphatic hydroxyl groups excluding tert-OH is 1. The van der Waals surface area contributed by atoms with Gasteiger partial charge in [0, 0.05) is 21.1 Å². The van der Waals surface area contributed by atoms with Crippen molar-refractivity contribution in [1.29, 1.82) is 0 Å². The van der Waals surface area contributed by atoms with Gasteiger partial charge in [-0.3, -0.25) is 0 Å². The summed E-state index contributed by atoms with van der Waals surface area (Å²) in [6.07, 6.45) is 0. The smallest absolute Gasteiger partial charge is 0.0625 e. The minimum atomic E-state index is -0.326. The number of halogens is 1. The molecule has 0 bridgehead atoms. The highest BCUT2D eigenvalue weighted by atomic mass is 79.9. The van der Waals surface area contributed by atoms with Gasteiger partial charge in [0.15, 0.2) is 0 Å². The van der Waals surface area contributed by atoms with Crippen LogP contribution in [0.4, 0.5) is 0 Å². The summed E-state index contributed by atoms with van der Waals surface area (Å²) in [6.45, 7) is 1.93. The van der Waals surface area contributed by atoms with E-state index < -0.39 is 0 Å². The molecule has 4 heteroatoms. The molecule has 3 nitrogen and oxygen atoms in total. The van der Waals surface area contributed by atoms with Gasteiger partial charge in [-0.15, -0.1) is 0 Å². The van der Waals surface area contributed by atoms with Gasteiger partial charge < -0.3 is 15.8 Å². The zero-order chi connectivity index (χ0) is 11.0. The summed E-state index contributed by atoms with van der Waals surface area (Å²) in [5.41, 5.74) is 8.93. The van der Waals surface area contributed by atoms with Crippen molar-refractivity contribution in [3.8, 4) is 0 Å². The molecule has 0 aliphatic rings. The van der Waals surface area contributed by atoms with Crippen LogP contribution in [0.15, 0.2) is 22.7 Å². The van der Waals surface area contributed by atoms with E-state index in [0.29, 0.717) is 0 Å². The number of nitrogens with two attached hydrogens (primary N) is 1. The first kappa shape index (κ1) is 10.7. The number of aromatic amines is 1. The predicted molar refractivity (Wildman–Crippen MR) is 64.7 cm³/mol. The maximum atomic E-state index is 9.11. The van der Waals surface area contributed by atoms with Gasteiger partial charge in [0.1, 0.15) is 0 Å². The van der Waals surface area contributed by atoms with Gasteiger partial charge in [0.2, 0.25) is 0 Å². The lowest BCUT2D eigenvalue weighted by atomic mass is 10.0. The van der Waals surface area contributed by atoms with Crippen LogP contribution in [0.25, 0.3) is 10.9 Å². The fraction of sp³-hybridized carbons (Fsp3) is 0.273. The second kappa shape index (κ2) is 3.96. The fourth-order valence-electron chi connectivity index (χ4n) is 1.89. The topological polar surface area (TPSA) is 62.0 Å². The van der Waals surface area contributed by atoms with Crippen LogP contribution in [0.5, 0.6) is 0 Å². The monoisotopic (exact) mass is 268 g/mol. The Balaban J connectivity index is 2.70. The number of fused-ring (bicyclic) bond motifs is 1. The van der Waals surface area contributed by atoms with Crippen molar-refractivity contribution in [3.05, 3.63) is 33.9 Å². The van der Waals surface area contributed by atoms with Crippen LogP contribution < -0.4 is 5.73 Å². The third kappa shape index (κ3) is 1.80. The lowest BCUT2D eigenvalue weighted by molar-refractivity contribution is 0.268. The highest BCUT2D eigenvalue weighted by Crippen LogP contribution is 2.28. The van der Waals surface area contributed by atoms with Gasteiger partial charge >= 0.3 is 0 Å². The Morgan fingerprint density at radius 2 is 2.27 bits per heavy atom. The van der Waals surface area contributed by atoms with Crippen molar-refractivity contribution in [2.24, 2.45) is 5.73 Å². The summed E-state index contributed by atoms with van der Waals surface area (Å²) in [5.74, 6) is 0. The molecular weight excluding hydrogens is 256 g/mol. The Hall–Kier alpha value is -0.840. The Morgan fingerprint density at radius 1 is 1.53 bits per heavy atom. The summed E-state index contributed by atoms with van der Waals surface area (Å²) in [4.78, 5) is 3.26. The zero-order valence-electron chi connectivity index (χ0n) is 8.42. The van der Waals surface area contributed by atoms with Crippen LogP contribution in [-0.4, -0.2) is 16.7 Å². The Labute approximate surface area is 96.4 Å². The lowest BCUT2D eigenvalue weighted by Gasteiger charge is -2.08. The van der Waals surface area contributed by atoms with E-state index in [0.717, 1.165) is 26.6 Å². The number of hydrogen-bond acceptors (Lipinski definition) is 2.